The monoisotopic (exact) mass is 295 g/mol. The molecule has 0 aliphatic carbocycles. The predicted molar refractivity (Wildman–Crippen MR) is 74.6 cm³/mol. The van der Waals surface area contributed by atoms with E-state index in [-0.39, 0.29) is 28.0 Å². The van der Waals surface area contributed by atoms with Gasteiger partial charge in [0.15, 0.2) is 11.6 Å². The van der Waals surface area contributed by atoms with Crippen LogP contribution >= 0.6 is 11.6 Å². The summed E-state index contributed by atoms with van der Waals surface area (Å²) in [5.41, 5.74) is 5.73. The van der Waals surface area contributed by atoms with Gasteiger partial charge in [0.1, 0.15) is 11.5 Å². The van der Waals surface area contributed by atoms with Crippen LogP contribution in [0.25, 0.3) is 0 Å². The van der Waals surface area contributed by atoms with Crippen LogP contribution in [0.5, 0.6) is 5.75 Å². The topological polar surface area (TPSA) is 77.2 Å². The SMILES string of the molecule is COc1ccc(NC(=O)c2nc(N)ccc2Cl)cc1F. The van der Waals surface area contributed by atoms with Crippen LogP contribution < -0.4 is 15.8 Å². The lowest BCUT2D eigenvalue weighted by molar-refractivity contribution is 0.102. The van der Waals surface area contributed by atoms with Gasteiger partial charge in [-0.25, -0.2) is 9.37 Å². The summed E-state index contributed by atoms with van der Waals surface area (Å²) in [6, 6.07) is 6.98. The number of aromatic nitrogens is 1. The summed E-state index contributed by atoms with van der Waals surface area (Å²) in [6.45, 7) is 0. The molecule has 0 spiro atoms. The van der Waals surface area contributed by atoms with Crippen molar-refractivity contribution in [1.82, 2.24) is 4.98 Å². The van der Waals surface area contributed by atoms with Gasteiger partial charge >= 0.3 is 0 Å². The van der Waals surface area contributed by atoms with E-state index in [2.05, 4.69) is 10.3 Å². The lowest BCUT2D eigenvalue weighted by Crippen LogP contribution is -2.15. The first-order valence-corrected chi connectivity index (χ1v) is 5.96. The molecule has 0 fully saturated rings. The number of carbonyl (C=O) groups excluding carboxylic acids is 1. The highest BCUT2D eigenvalue weighted by molar-refractivity contribution is 6.34. The highest BCUT2D eigenvalue weighted by Crippen LogP contribution is 2.22. The molecule has 20 heavy (non-hydrogen) atoms. The molecule has 1 amide bonds. The van der Waals surface area contributed by atoms with Crippen molar-refractivity contribution in [2.75, 3.05) is 18.2 Å². The maximum absolute atomic E-state index is 13.5. The van der Waals surface area contributed by atoms with Gasteiger partial charge in [-0.1, -0.05) is 11.6 Å². The number of methoxy groups -OCH3 is 1. The Morgan fingerprint density at radius 1 is 1.40 bits per heavy atom. The second-order valence-electron chi connectivity index (χ2n) is 3.87. The number of amides is 1. The van der Waals surface area contributed by atoms with Crippen LogP contribution in [0.15, 0.2) is 30.3 Å². The van der Waals surface area contributed by atoms with Gasteiger partial charge in [0.2, 0.25) is 0 Å². The van der Waals surface area contributed by atoms with Crippen LogP contribution in [0.1, 0.15) is 10.5 Å². The van der Waals surface area contributed by atoms with Crippen LogP contribution in [-0.4, -0.2) is 18.0 Å². The third-order valence-corrected chi connectivity index (χ3v) is 2.80. The largest absolute Gasteiger partial charge is 0.494 e. The Labute approximate surface area is 119 Å². The maximum atomic E-state index is 13.5. The minimum absolute atomic E-state index is 0.0251. The number of hydrogen-bond donors (Lipinski definition) is 2. The van der Waals surface area contributed by atoms with E-state index in [1.165, 1.54) is 31.4 Å². The van der Waals surface area contributed by atoms with E-state index in [4.69, 9.17) is 22.1 Å². The van der Waals surface area contributed by atoms with Crippen molar-refractivity contribution < 1.29 is 13.9 Å². The van der Waals surface area contributed by atoms with Crippen LogP contribution in [0.2, 0.25) is 5.02 Å². The summed E-state index contributed by atoms with van der Waals surface area (Å²) >= 11 is 5.86. The third kappa shape index (κ3) is 2.97. The number of ether oxygens (including phenoxy) is 1. The number of nitrogens with one attached hydrogen (secondary N) is 1. The van der Waals surface area contributed by atoms with E-state index < -0.39 is 11.7 Å². The number of nitrogens with zero attached hydrogens (tertiary/aromatic N) is 1. The number of carbonyl (C=O) groups is 1. The quantitative estimate of drug-likeness (QED) is 0.912. The standard InChI is InChI=1S/C13H11ClFN3O2/c1-20-10-4-2-7(6-9(10)15)17-13(19)12-8(14)3-5-11(16)18-12/h2-6H,1H3,(H2,16,18)(H,17,19). The molecule has 104 valence electrons. The van der Waals surface area contributed by atoms with Gasteiger partial charge in [0, 0.05) is 11.8 Å². The van der Waals surface area contributed by atoms with Gasteiger partial charge in [-0.3, -0.25) is 4.79 Å². The molecule has 0 aliphatic rings. The zero-order valence-corrected chi connectivity index (χ0v) is 11.2. The third-order valence-electron chi connectivity index (χ3n) is 2.49. The fourth-order valence-electron chi connectivity index (χ4n) is 1.55. The van der Waals surface area contributed by atoms with E-state index in [0.717, 1.165) is 6.07 Å². The summed E-state index contributed by atoms with van der Waals surface area (Å²) in [7, 11) is 1.35. The highest BCUT2D eigenvalue weighted by atomic mass is 35.5. The second-order valence-corrected chi connectivity index (χ2v) is 4.28. The maximum Gasteiger partial charge on any atom is 0.275 e. The average molecular weight is 296 g/mol. The molecule has 3 N–H and O–H groups in total. The van der Waals surface area contributed by atoms with Gasteiger partial charge < -0.3 is 15.8 Å². The molecule has 0 radical (unpaired) electrons. The predicted octanol–water partition coefficient (Wildman–Crippen LogP) is 2.72. The van der Waals surface area contributed by atoms with E-state index in [1.54, 1.807) is 0 Å². The van der Waals surface area contributed by atoms with Crippen molar-refractivity contribution in [2.24, 2.45) is 0 Å². The van der Waals surface area contributed by atoms with Gasteiger partial charge in [-0.2, -0.15) is 0 Å². The fraction of sp³-hybridized carbons (Fsp3) is 0.0769. The first-order chi connectivity index (χ1) is 9.51. The molecule has 0 unspecified atom stereocenters. The molecular formula is C13H11ClFN3O2. The average Bonchev–Trinajstić information content (AvgIpc) is 2.41. The normalized spacial score (nSPS) is 10.2. The zero-order valence-electron chi connectivity index (χ0n) is 10.5. The number of hydrogen-bond acceptors (Lipinski definition) is 4. The van der Waals surface area contributed by atoms with Crippen molar-refractivity contribution in [3.8, 4) is 5.75 Å². The summed E-state index contributed by atoms with van der Waals surface area (Å²) in [5.74, 6) is -0.910. The van der Waals surface area contributed by atoms with E-state index in [0.29, 0.717) is 0 Å². The Bertz CT molecular complexity index is 664. The highest BCUT2D eigenvalue weighted by Gasteiger charge is 2.14. The van der Waals surface area contributed by atoms with Crippen molar-refractivity contribution in [3.63, 3.8) is 0 Å². The van der Waals surface area contributed by atoms with Crippen molar-refractivity contribution in [2.45, 2.75) is 0 Å². The Balaban J connectivity index is 2.23. The van der Waals surface area contributed by atoms with Crippen LogP contribution in [0, 0.1) is 5.82 Å². The number of nitrogens with two attached hydrogens (primary N) is 1. The lowest BCUT2D eigenvalue weighted by Gasteiger charge is -2.08. The van der Waals surface area contributed by atoms with Gasteiger partial charge in [0.25, 0.3) is 5.91 Å². The molecule has 1 heterocycles. The number of rotatable bonds is 3. The first-order valence-electron chi connectivity index (χ1n) is 5.58. The molecule has 2 aromatic rings. The second kappa shape index (κ2) is 5.75. The van der Waals surface area contributed by atoms with Crippen molar-refractivity contribution >= 4 is 29.0 Å². The molecule has 1 aromatic heterocycles. The minimum Gasteiger partial charge on any atom is -0.494 e. The van der Waals surface area contributed by atoms with Crippen LogP contribution in [0.4, 0.5) is 15.9 Å². The summed E-state index contributed by atoms with van der Waals surface area (Å²) in [5, 5.41) is 2.64. The Morgan fingerprint density at radius 3 is 2.80 bits per heavy atom. The Morgan fingerprint density at radius 2 is 2.15 bits per heavy atom. The van der Waals surface area contributed by atoms with Gasteiger partial charge in [0.05, 0.1) is 12.1 Å². The molecule has 7 heteroatoms. The lowest BCUT2D eigenvalue weighted by atomic mass is 10.2. The Kier molecular flexibility index (Phi) is 4.05. The summed E-state index contributed by atoms with van der Waals surface area (Å²) < 4.78 is 18.3. The Hall–Kier alpha value is -2.34. The molecular weight excluding hydrogens is 285 g/mol. The van der Waals surface area contributed by atoms with Gasteiger partial charge in [-0.05, 0) is 24.3 Å². The van der Waals surface area contributed by atoms with Gasteiger partial charge in [-0.15, -0.1) is 0 Å². The van der Waals surface area contributed by atoms with Crippen LogP contribution in [0.3, 0.4) is 0 Å². The number of anilines is 2. The number of benzene rings is 1. The smallest absolute Gasteiger partial charge is 0.275 e. The molecule has 1 aromatic carbocycles. The number of halogens is 2. The number of nitrogen functional groups attached to an aromatic ring is 1. The molecule has 5 nitrogen and oxygen atoms in total. The molecule has 0 atom stereocenters. The molecule has 2 rings (SSSR count). The zero-order chi connectivity index (χ0) is 14.7. The summed E-state index contributed by atoms with van der Waals surface area (Å²) in [6.07, 6.45) is 0. The van der Waals surface area contributed by atoms with Crippen molar-refractivity contribution in [1.29, 1.82) is 0 Å². The molecule has 0 saturated heterocycles. The molecule has 0 saturated carbocycles. The minimum atomic E-state index is -0.586. The first kappa shape index (κ1) is 14.1. The van der Waals surface area contributed by atoms with E-state index >= 15 is 0 Å². The number of pyridine rings is 1. The van der Waals surface area contributed by atoms with Crippen molar-refractivity contribution in [3.05, 3.63) is 46.9 Å². The fourth-order valence-corrected chi connectivity index (χ4v) is 1.74. The molecule has 0 aliphatic heterocycles. The van der Waals surface area contributed by atoms with E-state index in [9.17, 15) is 9.18 Å². The summed E-state index contributed by atoms with van der Waals surface area (Å²) in [4.78, 5) is 15.8. The van der Waals surface area contributed by atoms with Crippen LogP contribution in [-0.2, 0) is 0 Å². The van der Waals surface area contributed by atoms with E-state index in [1.807, 2.05) is 0 Å². The molecule has 0 bridgehead atoms.